The number of carbonyl (C=O) groups excluding carboxylic acids is 1. The highest BCUT2D eigenvalue weighted by Gasteiger charge is 2.40. The standard InChI is InChI=1S/C11H15NO4/c1-2-3-9(13)12-8-11(10(14)15)4-6-16-7-5-11/h4-8H2,1H3,(H,12,13)(H,14,15). The average Bonchev–Trinajstić information content (AvgIpc) is 2.28. The topological polar surface area (TPSA) is 75.6 Å². The number of nitrogens with one attached hydrogen (secondary N) is 1. The fourth-order valence-electron chi connectivity index (χ4n) is 1.64. The molecule has 1 saturated heterocycles. The molecule has 88 valence electrons. The SMILES string of the molecule is CC#CC(=O)NCC1(C(=O)O)CCOCC1. The van der Waals surface area contributed by atoms with Gasteiger partial charge in [0.2, 0.25) is 0 Å². The van der Waals surface area contributed by atoms with Crippen molar-refractivity contribution in [2.75, 3.05) is 19.8 Å². The molecule has 1 fully saturated rings. The second-order valence-corrected chi connectivity index (χ2v) is 3.76. The van der Waals surface area contributed by atoms with Crippen LogP contribution in [0.2, 0.25) is 0 Å². The average molecular weight is 225 g/mol. The van der Waals surface area contributed by atoms with Crippen molar-refractivity contribution in [1.29, 1.82) is 0 Å². The number of carboxylic acids is 1. The van der Waals surface area contributed by atoms with E-state index in [1.165, 1.54) is 0 Å². The number of ether oxygens (including phenoxy) is 1. The molecule has 5 nitrogen and oxygen atoms in total. The predicted molar refractivity (Wildman–Crippen MR) is 56.6 cm³/mol. The Hall–Kier alpha value is -1.54. The van der Waals surface area contributed by atoms with E-state index in [9.17, 15) is 14.7 Å². The Morgan fingerprint density at radius 1 is 1.44 bits per heavy atom. The lowest BCUT2D eigenvalue weighted by molar-refractivity contribution is -0.154. The van der Waals surface area contributed by atoms with E-state index < -0.39 is 17.3 Å². The molecule has 5 heteroatoms. The monoisotopic (exact) mass is 225 g/mol. The van der Waals surface area contributed by atoms with Crippen LogP contribution >= 0.6 is 0 Å². The summed E-state index contributed by atoms with van der Waals surface area (Å²) in [4.78, 5) is 22.3. The van der Waals surface area contributed by atoms with Crippen LogP contribution in [0.3, 0.4) is 0 Å². The maximum absolute atomic E-state index is 11.2. The fourth-order valence-corrected chi connectivity index (χ4v) is 1.64. The van der Waals surface area contributed by atoms with E-state index in [2.05, 4.69) is 17.2 Å². The van der Waals surface area contributed by atoms with E-state index in [0.29, 0.717) is 26.1 Å². The van der Waals surface area contributed by atoms with E-state index in [1.807, 2.05) is 0 Å². The lowest BCUT2D eigenvalue weighted by atomic mass is 9.80. The molecular formula is C11H15NO4. The lowest BCUT2D eigenvalue weighted by Gasteiger charge is -2.32. The third-order valence-corrected chi connectivity index (χ3v) is 2.73. The Balaban J connectivity index is 2.60. The number of amides is 1. The molecule has 0 radical (unpaired) electrons. The summed E-state index contributed by atoms with van der Waals surface area (Å²) >= 11 is 0. The molecular weight excluding hydrogens is 210 g/mol. The zero-order valence-electron chi connectivity index (χ0n) is 9.21. The molecule has 0 aromatic rings. The van der Waals surface area contributed by atoms with Crippen LogP contribution in [0.1, 0.15) is 19.8 Å². The number of hydrogen-bond donors (Lipinski definition) is 2. The zero-order chi connectivity index (χ0) is 12.0. The molecule has 1 aliphatic rings. The maximum atomic E-state index is 11.2. The summed E-state index contributed by atoms with van der Waals surface area (Å²) in [7, 11) is 0. The Bertz CT molecular complexity index is 334. The smallest absolute Gasteiger partial charge is 0.311 e. The molecule has 0 atom stereocenters. The Morgan fingerprint density at radius 2 is 2.06 bits per heavy atom. The minimum atomic E-state index is -0.899. The molecule has 16 heavy (non-hydrogen) atoms. The van der Waals surface area contributed by atoms with Crippen LogP contribution in [0.5, 0.6) is 0 Å². The highest BCUT2D eigenvalue weighted by atomic mass is 16.5. The van der Waals surface area contributed by atoms with Crippen molar-refractivity contribution in [3.63, 3.8) is 0 Å². The summed E-state index contributed by atoms with van der Waals surface area (Å²) in [6, 6.07) is 0. The van der Waals surface area contributed by atoms with Crippen LogP contribution in [0.4, 0.5) is 0 Å². The lowest BCUT2D eigenvalue weighted by Crippen LogP contribution is -2.46. The number of rotatable bonds is 3. The van der Waals surface area contributed by atoms with Crippen LogP contribution < -0.4 is 5.32 Å². The van der Waals surface area contributed by atoms with Crippen molar-refractivity contribution in [3.05, 3.63) is 0 Å². The number of aliphatic carboxylic acids is 1. The van der Waals surface area contributed by atoms with E-state index in [4.69, 9.17) is 4.74 Å². The van der Waals surface area contributed by atoms with Crippen molar-refractivity contribution in [3.8, 4) is 11.8 Å². The molecule has 0 bridgehead atoms. The summed E-state index contributed by atoms with van der Waals surface area (Å²) in [5.41, 5.74) is -0.899. The first-order chi connectivity index (χ1) is 7.60. The summed E-state index contributed by atoms with van der Waals surface area (Å²) in [5, 5.41) is 11.7. The largest absolute Gasteiger partial charge is 0.481 e. The first-order valence-electron chi connectivity index (χ1n) is 5.12. The van der Waals surface area contributed by atoms with Crippen LogP contribution in [-0.2, 0) is 14.3 Å². The quantitative estimate of drug-likeness (QED) is 0.663. The van der Waals surface area contributed by atoms with Gasteiger partial charge in [0.25, 0.3) is 5.91 Å². The van der Waals surface area contributed by atoms with Crippen LogP contribution in [0.15, 0.2) is 0 Å². The van der Waals surface area contributed by atoms with Gasteiger partial charge in [-0.2, -0.15) is 0 Å². The third kappa shape index (κ3) is 2.97. The summed E-state index contributed by atoms with van der Waals surface area (Å²) in [6.45, 7) is 2.50. The Kier molecular flexibility index (Phi) is 4.32. The number of carboxylic acid groups (broad SMARTS) is 1. The second kappa shape index (κ2) is 5.52. The molecule has 0 aromatic heterocycles. The Morgan fingerprint density at radius 3 is 2.56 bits per heavy atom. The van der Waals surface area contributed by atoms with Crippen molar-refractivity contribution in [2.45, 2.75) is 19.8 Å². The molecule has 0 spiro atoms. The van der Waals surface area contributed by atoms with Gasteiger partial charge in [-0.15, -0.1) is 0 Å². The predicted octanol–water partition coefficient (Wildman–Crippen LogP) is 0.00730. The van der Waals surface area contributed by atoms with Gasteiger partial charge in [0, 0.05) is 19.8 Å². The zero-order valence-corrected chi connectivity index (χ0v) is 9.21. The van der Waals surface area contributed by atoms with Gasteiger partial charge < -0.3 is 15.2 Å². The molecule has 0 unspecified atom stereocenters. The summed E-state index contributed by atoms with van der Waals surface area (Å²) in [6.07, 6.45) is 0.838. The van der Waals surface area contributed by atoms with Crippen molar-refractivity contribution < 1.29 is 19.4 Å². The number of hydrogen-bond acceptors (Lipinski definition) is 3. The normalized spacial score (nSPS) is 18.1. The van der Waals surface area contributed by atoms with Gasteiger partial charge >= 0.3 is 5.97 Å². The summed E-state index contributed by atoms with van der Waals surface area (Å²) in [5.74, 6) is 3.46. The first kappa shape index (κ1) is 12.5. The van der Waals surface area contributed by atoms with Gasteiger partial charge in [0.15, 0.2) is 0 Å². The minimum absolute atomic E-state index is 0.110. The highest BCUT2D eigenvalue weighted by Crippen LogP contribution is 2.29. The Labute approximate surface area is 94.2 Å². The van der Waals surface area contributed by atoms with Crippen molar-refractivity contribution in [1.82, 2.24) is 5.32 Å². The molecule has 0 saturated carbocycles. The van der Waals surface area contributed by atoms with Crippen molar-refractivity contribution in [2.24, 2.45) is 5.41 Å². The molecule has 1 heterocycles. The molecule has 2 N–H and O–H groups in total. The first-order valence-corrected chi connectivity index (χ1v) is 5.12. The van der Waals surface area contributed by atoms with Crippen LogP contribution in [0, 0.1) is 17.3 Å². The molecule has 1 aliphatic heterocycles. The maximum Gasteiger partial charge on any atom is 0.311 e. The van der Waals surface area contributed by atoms with Crippen LogP contribution in [-0.4, -0.2) is 36.7 Å². The van der Waals surface area contributed by atoms with E-state index in [1.54, 1.807) is 6.92 Å². The fraction of sp³-hybridized carbons (Fsp3) is 0.636. The van der Waals surface area contributed by atoms with Gasteiger partial charge in [-0.25, -0.2) is 0 Å². The number of carbonyl (C=O) groups is 2. The highest BCUT2D eigenvalue weighted by molar-refractivity contribution is 5.93. The molecule has 0 aliphatic carbocycles. The summed E-state index contributed by atoms with van der Waals surface area (Å²) < 4.78 is 5.13. The van der Waals surface area contributed by atoms with Crippen LogP contribution in [0.25, 0.3) is 0 Å². The van der Waals surface area contributed by atoms with Gasteiger partial charge in [-0.3, -0.25) is 9.59 Å². The van der Waals surface area contributed by atoms with Crippen molar-refractivity contribution >= 4 is 11.9 Å². The van der Waals surface area contributed by atoms with Gasteiger partial charge in [-0.1, -0.05) is 5.92 Å². The van der Waals surface area contributed by atoms with Gasteiger partial charge in [-0.05, 0) is 25.7 Å². The minimum Gasteiger partial charge on any atom is -0.481 e. The molecule has 1 amide bonds. The van der Waals surface area contributed by atoms with Gasteiger partial charge in [0.1, 0.15) is 0 Å². The molecule has 0 aromatic carbocycles. The second-order valence-electron chi connectivity index (χ2n) is 3.76. The third-order valence-electron chi connectivity index (χ3n) is 2.73. The van der Waals surface area contributed by atoms with E-state index in [0.717, 1.165) is 0 Å². The van der Waals surface area contributed by atoms with E-state index in [-0.39, 0.29) is 6.54 Å². The van der Waals surface area contributed by atoms with E-state index >= 15 is 0 Å². The molecule has 1 rings (SSSR count). The van der Waals surface area contributed by atoms with Gasteiger partial charge in [0.05, 0.1) is 5.41 Å².